The Labute approximate surface area is 162 Å². The Bertz CT molecular complexity index is 1060. The van der Waals surface area contributed by atoms with E-state index < -0.39 is 18.1 Å². The molecule has 0 saturated carbocycles. The SMILES string of the molecule is C=C(F)C(=O)NCc1nn(-c2ccc(OC(F)(F)F)cc2)c2nccc(CC)c12. The summed E-state index contributed by atoms with van der Waals surface area (Å²) in [6.45, 7) is 4.80. The minimum Gasteiger partial charge on any atom is -0.406 e. The molecule has 3 aromatic rings. The zero-order chi connectivity index (χ0) is 21.2. The molecule has 0 atom stereocenters. The number of fused-ring (bicyclic) bond motifs is 1. The zero-order valence-electron chi connectivity index (χ0n) is 15.3. The van der Waals surface area contributed by atoms with Crippen LogP contribution in [0.5, 0.6) is 5.75 Å². The molecule has 2 aromatic heterocycles. The van der Waals surface area contributed by atoms with E-state index in [1.807, 2.05) is 6.92 Å². The van der Waals surface area contributed by atoms with E-state index in [1.54, 1.807) is 12.3 Å². The minimum atomic E-state index is -4.79. The van der Waals surface area contributed by atoms with Crippen molar-refractivity contribution < 1.29 is 27.1 Å². The number of carbonyl (C=O) groups excluding carboxylic acids is 1. The molecule has 0 saturated heterocycles. The van der Waals surface area contributed by atoms with Crippen molar-refractivity contribution in [2.45, 2.75) is 26.3 Å². The van der Waals surface area contributed by atoms with E-state index in [0.717, 1.165) is 17.7 Å². The second kappa shape index (κ2) is 7.90. The summed E-state index contributed by atoms with van der Waals surface area (Å²) >= 11 is 0. The van der Waals surface area contributed by atoms with Crippen molar-refractivity contribution in [2.75, 3.05) is 0 Å². The average Bonchev–Trinajstić information content (AvgIpc) is 3.04. The molecule has 0 fully saturated rings. The highest BCUT2D eigenvalue weighted by Crippen LogP contribution is 2.27. The number of halogens is 4. The van der Waals surface area contributed by atoms with Gasteiger partial charge in [0.2, 0.25) is 0 Å². The smallest absolute Gasteiger partial charge is 0.406 e. The zero-order valence-corrected chi connectivity index (χ0v) is 15.3. The van der Waals surface area contributed by atoms with Crippen LogP contribution in [0.3, 0.4) is 0 Å². The second-order valence-corrected chi connectivity index (χ2v) is 6.01. The molecule has 1 amide bonds. The van der Waals surface area contributed by atoms with Crippen LogP contribution < -0.4 is 10.1 Å². The van der Waals surface area contributed by atoms with Gasteiger partial charge < -0.3 is 10.1 Å². The van der Waals surface area contributed by atoms with Crippen LogP contribution in [-0.2, 0) is 17.8 Å². The summed E-state index contributed by atoms with van der Waals surface area (Å²) in [7, 11) is 0. The fourth-order valence-electron chi connectivity index (χ4n) is 2.83. The topological polar surface area (TPSA) is 69.0 Å². The summed E-state index contributed by atoms with van der Waals surface area (Å²) in [4.78, 5) is 15.8. The molecule has 0 aliphatic carbocycles. The largest absolute Gasteiger partial charge is 0.573 e. The molecule has 0 radical (unpaired) electrons. The lowest BCUT2D eigenvalue weighted by Gasteiger charge is -2.09. The van der Waals surface area contributed by atoms with Crippen molar-refractivity contribution in [1.82, 2.24) is 20.1 Å². The molecule has 6 nitrogen and oxygen atoms in total. The van der Waals surface area contributed by atoms with Gasteiger partial charge in [0.1, 0.15) is 5.75 Å². The van der Waals surface area contributed by atoms with E-state index in [9.17, 15) is 22.4 Å². The van der Waals surface area contributed by atoms with Crippen LogP contribution >= 0.6 is 0 Å². The number of carbonyl (C=O) groups is 1. The summed E-state index contributed by atoms with van der Waals surface area (Å²) in [5.41, 5.74) is 2.24. The standard InChI is InChI=1S/C19H16F4N4O2/c1-3-12-8-9-24-17-16(12)15(10-25-18(28)11(2)20)26-27(17)13-4-6-14(7-5-13)29-19(21,22)23/h4-9H,2-3,10H2,1H3,(H,25,28). The third kappa shape index (κ3) is 4.53. The van der Waals surface area contributed by atoms with Crippen molar-refractivity contribution >= 4 is 16.9 Å². The number of nitrogens with one attached hydrogen (secondary N) is 1. The number of hydrogen-bond donors (Lipinski definition) is 1. The Morgan fingerprint density at radius 2 is 1.93 bits per heavy atom. The molecule has 3 rings (SSSR count). The molecule has 1 N–H and O–H groups in total. The average molecular weight is 408 g/mol. The molecule has 152 valence electrons. The number of amides is 1. The van der Waals surface area contributed by atoms with Gasteiger partial charge >= 0.3 is 6.36 Å². The second-order valence-electron chi connectivity index (χ2n) is 6.01. The fourth-order valence-corrected chi connectivity index (χ4v) is 2.83. The van der Waals surface area contributed by atoms with Gasteiger partial charge in [0.15, 0.2) is 11.5 Å². The predicted molar refractivity (Wildman–Crippen MR) is 97.0 cm³/mol. The lowest BCUT2D eigenvalue weighted by atomic mass is 10.1. The molecule has 2 heterocycles. The number of rotatable bonds is 6. The maximum absolute atomic E-state index is 12.9. The van der Waals surface area contributed by atoms with Gasteiger partial charge in [-0.2, -0.15) is 5.10 Å². The van der Waals surface area contributed by atoms with Gasteiger partial charge in [0, 0.05) is 11.6 Å². The summed E-state index contributed by atoms with van der Waals surface area (Å²) in [5, 5.41) is 7.48. The first kappa shape index (κ1) is 20.3. The molecule has 0 spiro atoms. The normalized spacial score (nSPS) is 11.5. The van der Waals surface area contributed by atoms with Gasteiger partial charge in [-0.05, 0) is 42.3 Å². The molecule has 0 aliphatic heterocycles. The highest BCUT2D eigenvalue weighted by atomic mass is 19.4. The van der Waals surface area contributed by atoms with E-state index in [2.05, 4.69) is 26.7 Å². The molecule has 10 heteroatoms. The lowest BCUT2D eigenvalue weighted by molar-refractivity contribution is -0.274. The summed E-state index contributed by atoms with van der Waals surface area (Å²) in [6.07, 6.45) is -2.55. The maximum Gasteiger partial charge on any atom is 0.573 e. The number of ether oxygens (including phenoxy) is 1. The van der Waals surface area contributed by atoms with Crippen LogP contribution in [0.25, 0.3) is 16.7 Å². The number of benzene rings is 1. The van der Waals surface area contributed by atoms with Crippen LogP contribution in [0.2, 0.25) is 0 Å². The number of hydrogen-bond acceptors (Lipinski definition) is 4. The van der Waals surface area contributed by atoms with Crippen molar-refractivity contribution in [3.8, 4) is 11.4 Å². The summed E-state index contributed by atoms with van der Waals surface area (Å²) in [5.74, 6) is -2.44. The van der Waals surface area contributed by atoms with Crippen molar-refractivity contribution in [3.05, 3.63) is 60.2 Å². The van der Waals surface area contributed by atoms with Crippen molar-refractivity contribution in [1.29, 1.82) is 0 Å². The van der Waals surface area contributed by atoms with Crippen LogP contribution in [0.4, 0.5) is 17.6 Å². The van der Waals surface area contributed by atoms with E-state index in [0.29, 0.717) is 28.8 Å². The van der Waals surface area contributed by atoms with E-state index in [-0.39, 0.29) is 12.3 Å². The van der Waals surface area contributed by atoms with Gasteiger partial charge in [-0.3, -0.25) is 4.79 Å². The van der Waals surface area contributed by atoms with Gasteiger partial charge in [-0.25, -0.2) is 14.1 Å². The van der Waals surface area contributed by atoms with Gasteiger partial charge in [-0.15, -0.1) is 13.2 Å². The molecule has 1 aromatic carbocycles. The third-order valence-corrected chi connectivity index (χ3v) is 4.09. The quantitative estimate of drug-likeness (QED) is 0.495. The Morgan fingerprint density at radius 1 is 1.24 bits per heavy atom. The minimum absolute atomic E-state index is 0.0702. The van der Waals surface area contributed by atoms with E-state index in [4.69, 9.17) is 0 Å². The van der Waals surface area contributed by atoms with Gasteiger partial charge in [-0.1, -0.05) is 13.5 Å². The number of aromatic nitrogens is 3. The Hall–Kier alpha value is -3.43. The molecule has 0 unspecified atom stereocenters. The molecule has 29 heavy (non-hydrogen) atoms. The fraction of sp³-hybridized carbons (Fsp3) is 0.211. The summed E-state index contributed by atoms with van der Waals surface area (Å²) < 4.78 is 55.3. The first-order chi connectivity index (χ1) is 13.7. The van der Waals surface area contributed by atoms with Gasteiger partial charge in [0.05, 0.1) is 17.9 Å². The van der Waals surface area contributed by atoms with Crippen LogP contribution in [0.15, 0.2) is 48.9 Å². The van der Waals surface area contributed by atoms with Crippen LogP contribution in [0, 0.1) is 0 Å². The first-order valence-electron chi connectivity index (χ1n) is 8.54. The van der Waals surface area contributed by atoms with Crippen LogP contribution in [-0.4, -0.2) is 27.0 Å². The number of aryl methyl sites for hydroxylation is 1. The highest BCUT2D eigenvalue weighted by Gasteiger charge is 2.31. The number of pyridine rings is 1. The van der Waals surface area contributed by atoms with Crippen molar-refractivity contribution in [3.63, 3.8) is 0 Å². The van der Waals surface area contributed by atoms with Crippen molar-refractivity contribution in [2.24, 2.45) is 0 Å². The Kier molecular flexibility index (Phi) is 5.53. The number of alkyl halides is 3. The van der Waals surface area contributed by atoms with E-state index in [1.165, 1.54) is 16.8 Å². The molecule has 0 bridgehead atoms. The molecular weight excluding hydrogens is 392 g/mol. The van der Waals surface area contributed by atoms with E-state index >= 15 is 0 Å². The lowest BCUT2D eigenvalue weighted by Crippen LogP contribution is -2.23. The monoisotopic (exact) mass is 408 g/mol. The number of nitrogens with zero attached hydrogens (tertiary/aromatic N) is 3. The maximum atomic E-state index is 12.9. The molecule has 0 aliphatic rings. The third-order valence-electron chi connectivity index (χ3n) is 4.09. The van der Waals surface area contributed by atoms with Gasteiger partial charge in [0.25, 0.3) is 5.91 Å². The highest BCUT2D eigenvalue weighted by molar-refractivity contribution is 5.91. The Balaban J connectivity index is 2.02. The first-order valence-corrected chi connectivity index (χ1v) is 8.54. The molecular formula is C19H16F4N4O2. The summed E-state index contributed by atoms with van der Waals surface area (Å²) in [6, 6.07) is 6.93. The predicted octanol–water partition coefficient (Wildman–Crippen LogP) is 3.98. The van der Waals surface area contributed by atoms with Crippen LogP contribution in [0.1, 0.15) is 18.2 Å². The Morgan fingerprint density at radius 3 is 2.52 bits per heavy atom.